The Balaban J connectivity index is 1.72. The maximum atomic E-state index is 13.2. The second kappa shape index (κ2) is 5.50. The molecular weight excluding hydrogens is 259 g/mol. The lowest BCUT2D eigenvalue weighted by Crippen LogP contribution is -2.45. The summed E-state index contributed by atoms with van der Waals surface area (Å²) in [6, 6.07) is 6.20. The molecule has 2 saturated heterocycles. The van der Waals surface area contributed by atoms with E-state index in [4.69, 9.17) is 5.11 Å². The molecule has 108 valence electrons. The molecule has 5 heteroatoms. The number of halogens is 1. The minimum atomic E-state index is -0.377. The van der Waals surface area contributed by atoms with Crippen LogP contribution in [0, 0.1) is 11.7 Å². The van der Waals surface area contributed by atoms with Crippen LogP contribution in [0.3, 0.4) is 0 Å². The van der Waals surface area contributed by atoms with Crippen LogP contribution in [0.15, 0.2) is 24.3 Å². The third-order valence-electron chi connectivity index (χ3n) is 4.27. The molecule has 1 aromatic carbocycles. The van der Waals surface area contributed by atoms with Crippen molar-refractivity contribution in [3.8, 4) is 0 Å². The third-order valence-corrected chi connectivity index (χ3v) is 4.27. The fraction of sp³-hybridized carbons (Fsp3) is 0.533. The third kappa shape index (κ3) is 2.55. The number of piperidine rings is 1. The zero-order valence-electron chi connectivity index (χ0n) is 11.3. The summed E-state index contributed by atoms with van der Waals surface area (Å²) in [7, 11) is 0. The van der Waals surface area contributed by atoms with E-state index in [2.05, 4.69) is 4.90 Å². The highest BCUT2D eigenvalue weighted by Gasteiger charge is 2.39. The monoisotopic (exact) mass is 278 g/mol. The Labute approximate surface area is 117 Å². The lowest BCUT2D eigenvalue weighted by Gasteiger charge is -2.33. The first-order chi connectivity index (χ1) is 9.67. The van der Waals surface area contributed by atoms with Crippen LogP contribution < -0.4 is 0 Å². The Kier molecular flexibility index (Phi) is 3.72. The number of amides is 1. The van der Waals surface area contributed by atoms with Gasteiger partial charge in [-0.05, 0) is 30.5 Å². The SMILES string of the molecule is O=C(c1cccc(F)c1)N1CC2CC(C1)N(CCO)C2. The van der Waals surface area contributed by atoms with Gasteiger partial charge in [0.15, 0.2) is 0 Å². The number of likely N-dealkylation sites (tertiary alicyclic amines) is 2. The molecule has 0 saturated carbocycles. The number of carbonyl (C=O) groups excluding carboxylic acids is 1. The van der Waals surface area contributed by atoms with Crippen LogP contribution in [-0.2, 0) is 0 Å². The number of carbonyl (C=O) groups is 1. The fourth-order valence-electron chi connectivity index (χ4n) is 3.42. The van der Waals surface area contributed by atoms with E-state index >= 15 is 0 Å². The number of hydrogen-bond acceptors (Lipinski definition) is 3. The molecule has 2 fully saturated rings. The number of benzene rings is 1. The molecule has 20 heavy (non-hydrogen) atoms. The zero-order chi connectivity index (χ0) is 14.1. The molecule has 4 nitrogen and oxygen atoms in total. The highest BCUT2D eigenvalue weighted by Crippen LogP contribution is 2.30. The van der Waals surface area contributed by atoms with Gasteiger partial charge in [0, 0.05) is 37.8 Å². The minimum Gasteiger partial charge on any atom is -0.395 e. The van der Waals surface area contributed by atoms with Gasteiger partial charge in [0.2, 0.25) is 0 Å². The molecule has 0 spiro atoms. The molecule has 0 aliphatic carbocycles. The van der Waals surface area contributed by atoms with Crippen LogP contribution >= 0.6 is 0 Å². The normalized spacial score (nSPS) is 26.0. The van der Waals surface area contributed by atoms with Crippen molar-refractivity contribution in [3.05, 3.63) is 35.6 Å². The molecule has 2 aliphatic rings. The van der Waals surface area contributed by atoms with E-state index in [0.29, 0.717) is 30.6 Å². The van der Waals surface area contributed by atoms with Crippen molar-refractivity contribution in [1.29, 1.82) is 0 Å². The Morgan fingerprint density at radius 3 is 2.95 bits per heavy atom. The molecule has 1 amide bonds. The van der Waals surface area contributed by atoms with Crippen molar-refractivity contribution in [3.63, 3.8) is 0 Å². The van der Waals surface area contributed by atoms with Gasteiger partial charge in [0.05, 0.1) is 6.61 Å². The van der Waals surface area contributed by atoms with Gasteiger partial charge in [-0.15, -0.1) is 0 Å². The lowest BCUT2D eigenvalue weighted by molar-refractivity contribution is 0.0664. The highest BCUT2D eigenvalue weighted by molar-refractivity contribution is 5.94. The second-order valence-electron chi connectivity index (χ2n) is 5.69. The Bertz CT molecular complexity index is 508. The van der Waals surface area contributed by atoms with Gasteiger partial charge >= 0.3 is 0 Å². The van der Waals surface area contributed by atoms with E-state index in [1.54, 1.807) is 12.1 Å². The summed E-state index contributed by atoms with van der Waals surface area (Å²) in [6.45, 7) is 3.17. The summed E-state index contributed by atoms with van der Waals surface area (Å²) in [5.41, 5.74) is 0.417. The van der Waals surface area contributed by atoms with Crippen LogP contribution in [0.2, 0.25) is 0 Å². The van der Waals surface area contributed by atoms with E-state index in [0.717, 1.165) is 19.5 Å². The molecular formula is C15H19FN2O2. The number of rotatable bonds is 3. The van der Waals surface area contributed by atoms with E-state index in [1.165, 1.54) is 12.1 Å². The molecule has 1 aromatic rings. The highest BCUT2D eigenvalue weighted by atomic mass is 19.1. The van der Waals surface area contributed by atoms with Crippen molar-refractivity contribution >= 4 is 5.91 Å². The smallest absolute Gasteiger partial charge is 0.254 e. The van der Waals surface area contributed by atoms with Crippen molar-refractivity contribution < 1.29 is 14.3 Å². The molecule has 1 N–H and O–H groups in total. The topological polar surface area (TPSA) is 43.8 Å². The summed E-state index contributed by atoms with van der Waals surface area (Å²) in [6.07, 6.45) is 1.09. The lowest BCUT2D eigenvalue weighted by atomic mass is 9.99. The number of hydrogen-bond donors (Lipinski definition) is 1. The van der Waals surface area contributed by atoms with Crippen molar-refractivity contribution in [2.45, 2.75) is 12.5 Å². The van der Waals surface area contributed by atoms with Crippen molar-refractivity contribution in [2.75, 3.05) is 32.8 Å². The molecule has 2 atom stereocenters. The summed E-state index contributed by atoms with van der Waals surface area (Å²) < 4.78 is 13.2. The van der Waals surface area contributed by atoms with Crippen LogP contribution in [0.1, 0.15) is 16.8 Å². The first-order valence-corrected chi connectivity index (χ1v) is 7.07. The van der Waals surface area contributed by atoms with Crippen molar-refractivity contribution in [2.24, 2.45) is 5.92 Å². The molecule has 0 radical (unpaired) electrons. The molecule has 2 heterocycles. The Hall–Kier alpha value is -1.46. The molecule has 2 unspecified atom stereocenters. The van der Waals surface area contributed by atoms with Gasteiger partial charge in [-0.1, -0.05) is 6.07 Å². The van der Waals surface area contributed by atoms with Crippen molar-refractivity contribution in [1.82, 2.24) is 9.80 Å². The number of fused-ring (bicyclic) bond motifs is 2. The van der Waals surface area contributed by atoms with Crippen LogP contribution in [0.25, 0.3) is 0 Å². The number of nitrogens with zero attached hydrogens (tertiary/aromatic N) is 2. The number of aliphatic hydroxyl groups is 1. The van der Waals surface area contributed by atoms with Gasteiger partial charge < -0.3 is 10.0 Å². The molecule has 2 bridgehead atoms. The number of β-amino-alcohol motifs (C(OH)–C–C–N with tert-alkyl or cyclic N) is 1. The number of aliphatic hydroxyl groups excluding tert-OH is 1. The maximum absolute atomic E-state index is 13.2. The predicted octanol–water partition coefficient (Wildman–Crippen LogP) is 0.964. The summed E-state index contributed by atoms with van der Waals surface area (Å²) >= 11 is 0. The van der Waals surface area contributed by atoms with Crippen LogP contribution in [0.5, 0.6) is 0 Å². The standard InChI is InChI=1S/C15H19FN2O2/c16-13-3-1-2-12(7-13)15(20)18-9-11-6-14(10-18)17(8-11)4-5-19/h1-3,7,11,14,19H,4-6,8-10H2. The molecule has 2 aliphatic heterocycles. The zero-order valence-corrected chi connectivity index (χ0v) is 11.3. The summed E-state index contributed by atoms with van der Waals surface area (Å²) in [5.74, 6) is 0.000552. The average molecular weight is 278 g/mol. The minimum absolute atomic E-state index is 0.0925. The van der Waals surface area contributed by atoms with Crippen LogP contribution in [-0.4, -0.2) is 59.6 Å². The first-order valence-electron chi connectivity index (χ1n) is 7.07. The average Bonchev–Trinajstić information content (AvgIpc) is 2.72. The van der Waals surface area contributed by atoms with E-state index in [-0.39, 0.29) is 18.3 Å². The van der Waals surface area contributed by atoms with Crippen LogP contribution in [0.4, 0.5) is 4.39 Å². The largest absolute Gasteiger partial charge is 0.395 e. The molecule has 3 rings (SSSR count). The quantitative estimate of drug-likeness (QED) is 0.896. The Morgan fingerprint density at radius 1 is 1.35 bits per heavy atom. The Morgan fingerprint density at radius 2 is 2.20 bits per heavy atom. The van der Waals surface area contributed by atoms with Gasteiger partial charge in [-0.3, -0.25) is 9.69 Å². The maximum Gasteiger partial charge on any atom is 0.254 e. The van der Waals surface area contributed by atoms with Gasteiger partial charge in [-0.2, -0.15) is 0 Å². The first kappa shape index (κ1) is 13.5. The van der Waals surface area contributed by atoms with Gasteiger partial charge in [0.1, 0.15) is 5.82 Å². The fourth-order valence-corrected chi connectivity index (χ4v) is 3.42. The van der Waals surface area contributed by atoms with Gasteiger partial charge in [-0.25, -0.2) is 4.39 Å². The van der Waals surface area contributed by atoms with Gasteiger partial charge in [0.25, 0.3) is 5.91 Å². The predicted molar refractivity (Wildman–Crippen MR) is 72.9 cm³/mol. The second-order valence-corrected chi connectivity index (χ2v) is 5.69. The van der Waals surface area contributed by atoms with E-state index < -0.39 is 0 Å². The van der Waals surface area contributed by atoms with E-state index in [1.807, 2.05) is 4.90 Å². The van der Waals surface area contributed by atoms with E-state index in [9.17, 15) is 9.18 Å². The summed E-state index contributed by atoms with van der Waals surface area (Å²) in [5, 5.41) is 9.07. The molecule has 0 aromatic heterocycles. The summed E-state index contributed by atoms with van der Waals surface area (Å²) in [4.78, 5) is 16.5.